The Morgan fingerprint density at radius 1 is 1.08 bits per heavy atom. The summed E-state index contributed by atoms with van der Waals surface area (Å²) in [5.74, 6) is -2.40. The summed E-state index contributed by atoms with van der Waals surface area (Å²) < 4.78 is 38.7. The Bertz CT molecular complexity index is 1240. The average Bonchev–Trinajstić information content (AvgIpc) is 2.85. The normalized spacial score (nSPS) is 26.3. The number of carbonyl (C=O) groups is 3. The molecule has 39 heavy (non-hydrogen) atoms. The Labute approximate surface area is 228 Å². The third-order valence-corrected chi connectivity index (χ3v) is 8.80. The fraction of sp³-hybridized carbons (Fsp3) is 0.469. The number of hydrogen-bond donors (Lipinski definition) is 1. The molecule has 0 unspecified atom stereocenters. The topological polar surface area (TPSA) is 71.4 Å². The smallest absolute Gasteiger partial charge is 0.416 e. The van der Waals surface area contributed by atoms with Crippen molar-refractivity contribution >= 4 is 17.3 Å². The lowest BCUT2D eigenvalue weighted by Crippen LogP contribution is -2.67. The Kier molecular flexibility index (Phi) is 8.35. The lowest BCUT2D eigenvalue weighted by Gasteiger charge is -2.60. The molecule has 1 fully saturated rings. The van der Waals surface area contributed by atoms with Crippen LogP contribution in [-0.2, 0) is 27.0 Å². The molecule has 0 aromatic heterocycles. The van der Waals surface area contributed by atoms with Crippen LogP contribution in [0.4, 0.5) is 13.2 Å². The molecule has 0 heterocycles. The number of halogens is 3. The van der Waals surface area contributed by atoms with Gasteiger partial charge in [-0.15, -0.1) is 13.2 Å². The summed E-state index contributed by atoms with van der Waals surface area (Å²) in [7, 11) is 0. The molecule has 2 bridgehead atoms. The number of ketones is 3. The number of alkyl halides is 3. The van der Waals surface area contributed by atoms with Crippen LogP contribution in [0.25, 0.3) is 0 Å². The molecule has 2 aliphatic carbocycles. The summed E-state index contributed by atoms with van der Waals surface area (Å²) in [5, 5.41) is 11.5. The van der Waals surface area contributed by atoms with Crippen molar-refractivity contribution in [3.8, 4) is 0 Å². The van der Waals surface area contributed by atoms with Crippen LogP contribution < -0.4 is 0 Å². The standard InChI is InChI=1S/C32H37F3O4/c1-7-17-30-19-23(13-9-20(3)4)29(5,6)31(18-8-2,28(30)39)27(38)25(26(30)37)24(36)16-12-21-10-14-22(15-11-21)32(33,34)35/h7-11,14-15,23,37H,1-2,12-13,16-19H2,3-6H3/t23-,30-,31+/m1/s1. The highest BCUT2D eigenvalue weighted by molar-refractivity contribution is 6.31. The van der Waals surface area contributed by atoms with Crippen LogP contribution in [0.1, 0.15) is 70.9 Å². The van der Waals surface area contributed by atoms with Crippen LogP contribution in [-0.4, -0.2) is 22.5 Å². The zero-order valence-electron chi connectivity index (χ0n) is 23.1. The Hall–Kier alpha value is -3.22. The van der Waals surface area contributed by atoms with E-state index in [0.717, 1.165) is 17.7 Å². The van der Waals surface area contributed by atoms with Gasteiger partial charge in [-0.2, -0.15) is 13.2 Å². The summed E-state index contributed by atoms with van der Waals surface area (Å²) >= 11 is 0. The van der Waals surface area contributed by atoms with E-state index < -0.39 is 51.1 Å². The van der Waals surface area contributed by atoms with Gasteiger partial charge in [0, 0.05) is 6.42 Å². The number of benzene rings is 1. The Morgan fingerprint density at radius 3 is 2.18 bits per heavy atom. The largest absolute Gasteiger partial charge is 0.510 e. The molecule has 0 aliphatic heterocycles. The van der Waals surface area contributed by atoms with E-state index in [0.29, 0.717) is 12.0 Å². The van der Waals surface area contributed by atoms with Gasteiger partial charge in [0.15, 0.2) is 17.3 Å². The van der Waals surface area contributed by atoms with Crippen LogP contribution in [0, 0.1) is 22.2 Å². The van der Waals surface area contributed by atoms with E-state index in [4.69, 9.17) is 0 Å². The van der Waals surface area contributed by atoms with Crippen molar-refractivity contribution in [2.24, 2.45) is 22.2 Å². The minimum Gasteiger partial charge on any atom is -0.510 e. The maximum atomic E-state index is 14.3. The first-order valence-corrected chi connectivity index (χ1v) is 13.2. The van der Waals surface area contributed by atoms with Gasteiger partial charge in [-0.3, -0.25) is 14.4 Å². The van der Waals surface area contributed by atoms with E-state index in [-0.39, 0.29) is 43.6 Å². The van der Waals surface area contributed by atoms with Gasteiger partial charge in [0.1, 0.15) is 16.7 Å². The predicted octanol–water partition coefficient (Wildman–Crippen LogP) is 7.70. The molecule has 1 saturated carbocycles. The number of rotatable bonds is 10. The molecular weight excluding hydrogens is 505 g/mol. The molecule has 0 amide bonds. The highest BCUT2D eigenvalue weighted by atomic mass is 19.4. The Morgan fingerprint density at radius 2 is 1.67 bits per heavy atom. The molecule has 1 aromatic carbocycles. The number of allylic oxidation sites excluding steroid dienone is 6. The zero-order valence-corrected chi connectivity index (χ0v) is 23.1. The van der Waals surface area contributed by atoms with Gasteiger partial charge >= 0.3 is 6.18 Å². The maximum Gasteiger partial charge on any atom is 0.416 e. The second-order valence-electron chi connectivity index (χ2n) is 11.6. The fourth-order valence-electron chi connectivity index (χ4n) is 6.42. The molecule has 0 spiro atoms. The van der Waals surface area contributed by atoms with E-state index in [2.05, 4.69) is 19.2 Å². The average molecular weight is 543 g/mol. The zero-order chi connectivity index (χ0) is 29.4. The van der Waals surface area contributed by atoms with Crippen molar-refractivity contribution in [2.45, 2.75) is 72.4 Å². The third kappa shape index (κ3) is 4.96. The molecule has 3 rings (SSSR count). The fourth-order valence-corrected chi connectivity index (χ4v) is 6.42. The van der Waals surface area contributed by atoms with Gasteiger partial charge in [-0.05, 0) is 75.0 Å². The minimum atomic E-state index is -4.47. The summed E-state index contributed by atoms with van der Waals surface area (Å²) in [6, 6.07) is 4.47. The van der Waals surface area contributed by atoms with E-state index in [1.54, 1.807) is 0 Å². The molecule has 210 valence electrons. The van der Waals surface area contributed by atoms with Gasteiger partial charge in [0.25, 0.3) is 0 Å². The molecule has 4 nitrogen and oxygen atoms in total. The van der Waals surface area contributed by atoms with Crippen LogP contribution in [0.2, 0.25) is 0 Å². The van der Waals surface area contributed by atoms with E-state index in [9.17, 15) is 32.7 Å². The number of hydrogen-bond acceptors (Lipinski definition) is 4. The lowest BCUT2D eigenvalue weighted by molar-refractivity contribution is -0.171. The quantitative estimate of drug-likeness (QED) is 0.187. The van der Waals surface area contributed by atoms with Crippen LogP contribution in [0.15, 0.2) is 72.6 Å². The van der Waals surface area contributed by atoms with Gasteiger partial charge < -0.3 is 5.11 Å². The first-order valence-electron chi connectivity index (χ1n) is 13.2. The minimum absolute atomic E-state index is 0.0187. The van der Waals surface area contributed by atoms with Gasteiger partial charge in [0.2, 0.25) is 0 Å². The predicted molar refractivity (Wildman–Crippen MR) is 145 cm³/mol. The van der Waals surface area contributed by atoms with Crippen LogP contribution in [0.5, 0.6) is 0 Å². The van der Waals surface area contributed by atoms with Crippen molar-refractivity contribution < 1.29 is 32.7 Å². The van der Waals surface area contributed by atoms with Crippen LogP contribution in [0.3, 0.4) is 0 Å². The first-order chi connectivity index (χ1) is 18.1. The van der Waals surface area contributed by atoms with Crippen molar-refractivity contribution in [1.82, 2.24) is 0 Å². The molecule has 0 saturated heterocycles. The molecule has 1 aromatic rings. The molecule has 0 radical (unpaired) electrons. The lowest BCUT2D eigenvalue weighted by atomic mass is 9.40. The SMILES string of the molecule is C=CC[C@@]12C[C@@H](CC=C(C)C)C(C)(C)[C@@](CC=C)(C(=O)C(C(=O)CCc3ccc(C(F)(F)F)cc3)=C1O)C2=O. The van der Waals surface area contributed by atoms with Crippen LogP contribution >= 0.6 is 0 Å². The second-order valence-corrected chi connectivity index (χ2v) is 11.6. The van der Waals surface area contributed by atoms with Crippen molar-refractivity contribution in [3.05, 3.63) is 83.7 Å². The van der Waals surface area contributed by atoms with E-state index in [1.165, 1.54) is 24.3 Å². The highest BCUT2D eigenvalue weighted by Gasteiger charge is 2.72. The number of aliphatic hydroxyl groups is 1. The number of aliphatic hydroxyl groups excluding tert-OH is 1. The molecule has 2 aliphatic rings. The summed E-state index contributed by atoms with van der Waals surface area (Å²) in [6.07, 6.45) is 1.44. The number of aryl methyl sites for hydroxylation is 1. The van der Waals surface area contributed by atoms with Crippen molar-refractivity contribution in [3.63, 3.8) is 0 Å². The van der Waals surface area contributed by atoms with Crippen molar-refractivity contribution in [1.29, 1.82) is 0 Å². The maximum absolute atomic E-state index is 14.3. The molecule has 7 heteroatoms. The number of fused-ring (bicyclic) bond motifs is 2. The van der Waals surface area contributed by atoms with Gasteiger partial charge in [-0.25, -0.2) is 0 Å². The summed E-state index contributed by atoms with van der Waals surface area (Å²) in [5.41, 5.74) is -3.51. The van der Waals surface area contributed by atoms with Gasteiger partial charge in [0.05, 0.1) is 11.0 Å². The molecule has 1 N–H and O–H groups in total. The number of Topliss-reactive ketones (excluding diaryl/α,β-unsaturated/α-hetero) is 3. The Balaban J connectivity index is 2.10. The third-order valence-electron chi connectivity index (χ3n) is 8.80. The molecular formula is C32H37F3O4. The van der Waals surface area contributed by atoms with Gasteiger partial charge in [-0.1, -0.05) is 49.8 Å². The van der Waals surface area contributed by atoms with Crippen molar-refractivity contribution in [2.75, 3.05) is 0 Å². The first kappa shape index (κ1) is 30.3. The molecule has 3 atom stereocenters. The summed E-state index contributed by atoms with van der Waals surface area (Å²) in [4.78, 5) is 42.1. The highest BCUT2D eigenvalue weighted by Crippen LogP contribution is 2.66. The monoisotopic (exact) mass is 542 g/mol. The second kappa shape index (κ2) is 10.7. The van der Waals surface area contributed by atoms with E-state index in [1.807, 2.05) is 27.7 Å². The summed E-state index contributed by atoms with van der Waals surface area (Å²) in [6.45, 7) is 15.3. The van der Waals surface area contributed by atoms with E-state index >= 15 is 0 Å². The number of carbonyl (C=O) groups excluding carboxylic acids is 3.